The van der Waals surface area contributed by atoms with Crippen LogP contribution in [0, 0.1) is 0 Å². The van der Waals surface area contributed by atoms with Gasteiger partial charge >= 0.3 is 5.97 Å². The van der Waals surface area contributed by atoms with E-state index in [2.05, 4.69) is 0 Å². The van der Waals surface area contributed by atoms with Crippen LogP contribution >= 0.6 is 11.8 Å². The maximum absolute atomic E-state index is 13.7. The summed E-state index contributed by atoms with van der Waals surface area (Å²) in [6.07, 6.45) is -1.23. The van der Waals surface area contributed by atoms with Crippen molar-refractivity contribution in [2.24, 2.45) is 0 Å². The van der Waals surface area contributed by atoms with Crippen molar-refractivity contribution < 1.29 is 28.6 Å². The first-order valence-electron chi connectivity index (χ1n) is 10.3. The third-order valence-corrected chi connectivity index (χ3v) is 7.17. The van der Waals surface area contributed by atoms with Crippen molar-refractivity contribution in [3.63, 3.8) is 0 Å². The molecular formula is C25H24O6S. The van der Waals surface area contributed by atoms with E-state index in [0.29, 0.717) is 28.2 Å². The first kappa shape index (κ1) is 22.3. The molecule has 7 heteroatoms. The van der Waals surface area contributed by atoms with Crippen LogP contribution in [-0.2, 0) is 20.0 Å². The minimum Gasteiger partial charge on any atom is -0.496 e. The predicted molar refractivity (Wildman–Crippen MR) is 121 cm³/mol. The number of hydrogen-bond acceptors (Lipinski definition) is 7. The van der Waals surface area contributed by atoms with Crippen molar-refractivity contribution >= 4 is 29.3 Å². The van der Waals surface area contributed by atoms with Gasteiger partial charge in [0.25, 0.3) is 0 Å². The number of thioether (sulfide) groups is 1. The lowest BCUT2D eigenvalue weighted by atomic mass is 9.77. The summed E-state index contributed by atoms with van der Waals surface area (Å²) in [6, 6.07) is 14.9. The molecule has 0 fully saturated rings. The van der Waals surface area contributed by atoms with Gasteiger partial charge in [-0.05, 0) is 18.6 Å². The van der Waals surface area contributed by atoms with Crippen LogP contribution in [0.15, 0.2) is 59.7 Å². The number of carbonyl (C=O) groups excluding carboxylic acids is 3. The van der Waals surface area contributed by atoms with Gasteiger partial charge in [-0.2, -0.15) is 0 Å². The van der Waals surface area contributed by atoms with Crippen LogP contribution in [0.25, 0.3) is 0 Å². The number of ether oxygens (including phenoxy) is 3. The first-order chi connectivity index (χ1) is 15.5. The zero-order valence-electron chi connectivity index (χ0n) is 18.1. The van der Waals surface area contributed by atoms with Gasteiger partial charge in [0.2, 0.25) is 0 Å². The third kappa shape index (κ3) is 3.98. The summed E-state index contributed by atoms with van der Waals surface area (Å²) in [6.45, 7) is 1.74. The number of hydrogen-bond donors (Lipinski definition) is 0. The molecule has 0 amide bonds. The molecule has 0 radical (unpaired) electrons. The van der Waals surface area contributed by atoms with Gasteiger partial charge in [0, 0.05) is 22.5 Å². The predicted octanol–water partition coefficient (Wildman–Crippen LogP) is 4.02. The number of esters is 1. The Morgan fingerprint density at radius 1 is 1.00 bits per heavy atom. The van der Waals surface area contributed by atoms with Gasteiger partial charge in [0.15, 0.2) is 11.6 Å². The fraction of sp³-hybridized carbons (Fsp3) is 0.320. The lowest BCUT2D eigenvalue weighted by Gasteiger charge is -2.39. The molecule has 0 spiro atoms. The van der Waals surface area contributed by atoms with E-state index in [1.165, 1.54) is 26.0 Å². The zero-order chi connectivity index (χ0) is 22.8. The maximum Gasteiger partial charge on any atom is 0.308 e. The second-order valence-electron chi connectivity index (χ2n) is 7.68. The fourth-order valence-corrected chi connectivity index (χ4v) is 5.62. The smallest absolute Gasteiger partial charge is 0.308 e. The summed E-state index contributed by atoms with van der Waals surface area (Å²) < 4.78 is 16.4. The van der Waals surface area contributed by atoms with Crippen LogP contribution in [0.1, 0.15) is 39.6 Å². The van der Waals surface area contributed by atoms with Gasteiger partial charge < -0.3 is 14.2 Å². The van der Waals surface area contributed by atoms with E-state index in [0.717, 1.165) is 5.56 Å². The highest BCUT2D eigenvalue weighted by molar-refractivity contribution is 7.99. The Labute approximate surface area is 190 Å². The Balaban J connectivity index is 1.78. The van der Waals surface area contributed by atoms with E-state index >= 15 is 0 Å². The second-order valence-corrected chi connectivity index (χ2v) is 8.81. The van der Waals surface area contributed by atoms with Crippen molar-refractivity contribution in [2.75, 3.05) is 14.2 Å². The maximum atomic E-state index is 13.7. The van der Waals surface area contributed by atoms with E-state index in [1.807, 2.05) is 30.3 Å². The molecule has 4 rings (SSSR count). The Hall–Kier alpha value is -2.90. The molecule has 0 N–H and O–H groups in total. The summed E-state index contributed by atoms with van der Waals surface area (Å²) in [4.78, 5) is 39.3. The Kier molecular flexibility index (Phi) is 6.48. The molecule has 1 aliphatic carbocycles. The van der Waals surface area contributed by atoms with E-state index < -0.39 is 23.4 Å². The van der Waals surface area contributed by atoms with Crippen LogP contribution in [0.4, 0.5) is 0 Å². The third-order valence-electron chi connectivity index (χ3n) is 5.77. The van der Waals surface area contributed by atoms with E-state index in [-0.39, 0.29) is 23.6 Å². The molecule has 6 nitrogen and oxygen atoms in total. The van der Waals surface area contributed by atoms with Crippen molar-refractivity contribution in [1.29, 1.82) is 0 Å². The molecule has 0 saturated carbocycles. The number of Topliss-reactive ketones (excluding diaryl/α,β-unsaturated/α-hetero) is 2. The SMILES string of the molecule is COC(=O)C[C@H]1O[C@@H](C)C2=C(C(=O)c3cccc(OC)c3C2=O)[C@@H]1SCc1ccccc1. The summed E-state index contributed by atoms with van der Waals surface area (Å²) >= 11 is 1.49. The topological polar surface area (TPSA) is 78.9 Å². The van der Waals surface area contributed by atoms with Crippen molar-refractivity contribution in [3.8, 4) is 5.75 Å². The quantitative estimate of drug-likeness (QED) is 0.613. The molecule has 32 heavy (non-hydrogen) atoms. The van der Waals surface area contributed by atoms with Crippen molar-refractivity contribution in [2.45, 2.75) is 36.6 Å². The van der Waals surface area contributed by atoms with E-state index in [1.54, 1.807) is 25.1 Å². The average Bonchev–Trinajstić information content (AvgIpc) is 2.81. The van der Waals surface area contributed by atoms with Crippen molar-refractivity contribution in [3.05, 3.63) is 76.4 Å². The lowest BCUT2D eigenvalue weighted by molar-refractivity contribution is -0.144. The monoisotopic (exact) mass is 452 g/mol. The Morgan fingerprint density at radius 3 is 2.44 bits per heavy atom. The lowest BCUT2D eigenvalue weighted by Crippen LogP contribution is -2.46. The van der Waals surface area contributed by atoms with Crippen LogP contribution in [0.3, 0.4) is 0 Å². The molecule has 166 valence electrons. The van der Waals surface area contributed by atoms with Crippen LogP contribution in [0.2, 0.25) is 0 Å². The number of rotatable bonds is 6. The van der Waals surface area contributed by atoms with E-state index in [4.69, 9.17) is 14.2 Å². The molecule has 2 aliphatic rings. The Morgan fingerprint density at radius 2 is 1.75 bits per heavy atom. The molecule has 1 heterocycles. The molecule has 0 aromatic heterocycles. The minimum atomic E-state index is -0.636. The second kappa shape index (κ2) is 9.30. The van der Waals surface area contributed by atoms with Crippen LogP contribution in [0.5, 0.6) is 5.75 Å². The first-order valence-corrected chi connectivity index (χ1v) is 11.4. The summed E-state index contributed by atoms with van der Waals surface area (Å²) in [5, 5.41) is -0.490. The summed E-state index contributed by atoms with van der Waals surface area (Å²) in [7, 11) is 2.80. The normalized spacial score (nSPS) is 22.3. The number of carbonyl (C=O) groups is 3. The molecule has 0 unspecified atom stereocenters. The van der Waals surface area contributed by atoms with Crippen LogP contribution < -0.4 is 4.74 Å². The standard InChI is InChI=1S/C25H24O6S/c1-14-20-22(23(27)16-10-7-11-17(29-2)21(16)24(20)28)25(18(31-14)12-19(26)30-3)32-13-15-8-5-4-6-9-15/h4-11,14,18,25H,12-13H2,1-3H3/t14-,18+,25+/m0/s1. The van der Waals surface area contributed by atoms with Gasteiger partial charge in [0.1, 0.15) is 5.75 Å². The fourth-order valence-electron chi connectivity index (χ4n) is 4.28. The van der Waals surface area contributed by atoms with Gasteiger partial charge in [-0.1, -0.05) is 42.5 Å². The minimum absolute atomic E-state index is 0.00346. The molecule has 1 aliphatic heterocycles. The van der Waals surface area contributed by atoms with Crippen LogP contribution in [-0.4, -0.2) is 49.2 Å². The average molecular weight is 453 g/mol. The highest BCUT2D eigenvalue weighted by Crippen LogP contribution is 2.44. The highest BCUT2D eigenvalue weighted by Gasteiger charge is 2.47. The van der Waals surface area contributed by atoms with Gasteiger partial charge in [-0.15, -0.1) is 11.8 Å². The molecule has 0 bridgehead atoms. The summed E-state index contributed by atoms with van der Waals surface area (Å²) in [5.74, 6) is 0.0629. The molecule has 0 saturated heterocycles. The van der Waals surface area contributed by atoms with Gasteiger partial charge in [0.05, 0.1) is 43.7 Å². The largest absolute Gasteiger partial charge is 0.496 e. The number of fused-ring (bicyclic) bond motifs is 1. The molecule has 3 atom stereocenters. The summed E-state index contributed by atoms with van der Waals surface area (Å²) in [5.41, 5.74) is 2.44. The molecule has 2 aromatic carbocycles. The highest BCUT2D eigenvalue weighted by atomic mass is 32.2. The number of ketones is 2. The zero-order valence-corrected chi connectivity index (χ0v) is 18.9. The Bertz CT molecular complexity index is 1090. The van der Waals surface area contributed by atoms with Gasteiger partial charge in [-0.3, -0.25) is 14.4 Å². The van der Waals surface area contributed by atoms with E-state index in [9.17, 15) is 14.4 Å². The molecule has 2 aromatic rings. The number of methoxy groups -OCH3 is 2. The molecular weight excluding hydrogens is 428 g/mol. The van der Waals surface area contributed by atoms with Crippen molar-refractivity contribution in [1.82, 2.24) is 0 Å². The van der Waals surface area contributed by atoms with Gasteiger partial charge in [-0.25, -0.2) is 0 Å². The number of benzene rings is 2.